The van der Waals surface area contributed by atoms with Crippen LogP contribution in [-0.4, -0.2) is 189 Å². The van der Waals surface area contributed by atoms with Gasteiger partial charge in [0.05, 0.1) is 19.8 Å². The molecule has 7 rings (SSSR count). The van der Waals surface area contributed by atoms with E-state index in [0.29, 0.717) is 0 Å². The second-order valence-electron chi connectivity index (χ2n) is 15.4. The van der Waals surface area contributed by atoms with Gasteiger partial charge >= 0.3 is 5.97 Å². The van der Waals surface area contributed by atoms with Crippen molar-refractivity contribution in [2.45, 2.75) is 92.1 Å². The number of phenols is 4. The van der Waals surface area contributed by atoms with Gasteiger partial charge in [-0.05, 0) is 48.0 Å². The predicted molar refractivity (Wildman–Crippen MR) is 215 cm³/mol. The Labute approximate surface area is 370 Å². The molecule has 7 unspecified atom stereocenters. The van der Waals surface area contributed by atoms with E-state index in [-0.39, 0.29) is 22.6 Å². The first kappa shape index (κ1) is 48.3. The number of phenolic OH excluding ortho intramolecular Hbond substituents is 4. The number of aliphatic hydroxyl groups is 10. The monoisotopic (exact) mass is 934 g/mol. The molecule has 0 radical (unpaired) electrons. The van der Waals surface area contributed by atoms with Gasteiger partial charge in [0.2, 0.25) is 23.8 Å². The number of aliphatic hydroxyl groups excluding tert-OH is 10. The van der Waals surface area contributed by atoms with Crippen molar-refractivity contribution in [3.63, 3.8) is 0 Å². The fourth-order valence-corrected chi connectivity index (χ4v) is 7.37. The standard InChI is InChI=1S/C42H46O24/c43-12-23-28(51)32(55)35(58)40(61-23)59-18-10-21(49)27-22(11-18)60-36(16-3-5-17(46)6-4-16)37(31(27)54)65-42-39(34(57)30(53)25(14-45)63-42)66-41-38(33(56)29(52)24(13-44)62-41)64-26(50)8-2-15-1-7-19(47)20(48)9-15/h1-11,23-25,28-30,32-35,38-49,51-53,55-58H,12-14H2/t23-,24?,25?,28+,29+,30+,32?,33?,34-,35?,38?,39?,40+,41-,42-/m0/s1. The molecule has 358 valence electrons. The lowest BCUT2D eigenvalue weighted by Crippen LogP contribution is -2.65. The van der Waals surface area contributed by atoms with Crippen molar-refractivity contribution in [3.05, 3.63) is 76.5 Å². The third-order valence-electron chi connectivity index (χ3n) is 11.0. The summed E-state index contributed by atoms with van der Waals surface area (Å²) in [5.74, 6) is -4.76. The second-order valence-corrected chi connectivity index (χ2v) is 15.4. The van der Waals surface area contributed by atoms with Crippen molar-refractivity contribution >= 4 is 23.0 Å². The maximum Gasteiger partial charge on any atom is 0.331 e. The van der Waals surface area contributed by atoms with Crippen LogP contribution in [0.4, 0.5) is 0 Å². The number of carbonyl (C=O) groups excluding carboxylic acids is 1. The molecule has 3 aliphatic rings. The number of fused-ring (bicyclic) bond motifs is 1. The average Bonchev–Trinajstić information content (AvgIpc) is 3.29. The molecule has 15 atom stereocenters. The molecule has 3 fully saturated rings. The normalized spacial score (nSPS) is 32.6. The van der Waals surface area contributed by atoms with Crippen LogP contribution in [0, 0.1) is 0 Å². The average molecular weight is 935 g/mol. The Morgan fingerprint density at radius 2 is 1.20 bits per heavy atom. The third-order valence-corrected chi connectivity index (χ3v) is 11.0. The van der Waals surface area contributed by atoms with Crippen molar-refractivity contribution in [1.82, 2.24) is 0 Å². The van der Waals surface area contributed by atoms with E-state index < -0.39 is 163 Å². The molecule has 0 aliphatic carbocycles. The van der Waals surface area contributed by atoms with Crippen LogP contribution < -0.4 is 14.9 Å². The lowest BCUT2D eigenvalue weighted by molar-refractivity contribution is -0.358. The second kappa shape index (κ2) is 20.0. The molecule has 24 nitrogen and oxygen atoms in total. The van der Waals surface area contributed by atoms with Crippen molar-refractivity contribution in [3.8, 4) is 45.8 Å². The minimum absolute atomic E-state index is 0.0233. The van der Waals surface area contributed by atoms with Gasteiger partial charge in [0.15, 0.2) is 35.8 Å². The van der Waals surface area contributed by atoms with Crippen LogP contribution in [0.25, 0.3) is 28.4 Å². The lowest BCUT2D eigenvalue weighted by atomic mass is 9.97. The highest BCUT2D eigenvalue weighted by Gasteiger charge is 2.53. The van der Waals surface area contributed by atoms with E-state index in [2.05, 4.69) is 0 Å². The van der Waals surface area contributed by atoms with Gasteiger partial charge < -0.3 is 109 Å². The molecule has 0 amide bonds. The first-order valence-corrected chi connectivity index (χ1v) is 20.0. The highest BCUT2D eigenvalue weighted by molar-refractivity contribution is 5.89. The molecule has 0 spiro atoms. The highest BCUT2D eigenvalue weighted by Crippen LogP contribution is 2.40. The minimum atomic E-state index is -2.13. The molecule has 1 aromatic heterocycles. The van der Waals surface area contributed by atoms with Crippen LogP contribution in [0.1, 0.15) is 5.56 Å². The van der Waals surface area contributed by atoms with Crippen LogP contribution in [0.3, 0.4) is 0 Å². The highest BCUT2D eigenvalue weighted by atomic mass is 16.8. The van der Waals surface area contributed by atoms with E-state index >= 15 is 0 Å². The molecule has 66 heavy (non-hydrogen) atoms. The topological polar surface area (TPSA) is 395 Å². The predicted octanol–water partition coefficient (Wildman–Crippen LogP) is -3.27. The summed E-state index contributed by atoms with van der Waals surface area (Å²) in [7, 11) is 0. The van der Waals surface area contributed by atoms with Crippen molar-refractivity contribution < 1.29 is 114 Å². The van der Waals surface area contributed by atoms with Crippen LogP contribution in [0.5, 0.6) is 34.5 Å². The summed E-state index contributed by atoms with van der Waals surface area (Å²) in [6.07, 6.45) is -26.0. The first-order chi connectivity index (χ1) is 31.4. The number of ether oxygens (including phenoxy) is 7. The molecule has 24 heteroatoms. The van der Waals surface area contributed by atoms with Crippen molar-refractivity contribution in [2.75, 3.05) is 19.8 Å². The van der Waals surface area contributed by atoms with E-state index in [1.54, 1.807) is 0 Å². The van der Waals surface area contributed by atoms with Crippen molar-refractivity contribution in [2.24, 2.45) is 0 Å². The number of esters is 1. The Bertz CT molecular complexity index is 2420. The van der Waals surface area contributed by atoms with Gasteiger partial charge in [-0.3, -0.25) is 4.79 Å². The van der Waals surface area contributed by atoms with Gasteiger partial charge in [-0.2, -0.15) is 0 Å². The van der Waals surface area contributed by atoms with Gasteiger partial charge in [0.1, 0.15) is 89.3 Å². The number of rotatable bonds is 13. The number of hydrogen-bond donors (Lipinski definition) is 14. The Kier molecular flexibility index (Phi) is 14.7. The van der Waals surface area contributed by atoms with E-state index in [1.807, 2.05) is 0 Å². The molecular weight excluding hydrogens is 888 g/mol. The molecule has 0 saturated carbocycles. The molecule has 14 N–H and O–H groups in total. The third kappa shape index (κ3) is 9.73. The van der Waals surface area contributed by atoms with E-state index in [9.17, 15) is 81.1 Å². The Morgan fingerprint density at radius 3 is 1.82 bits per heavy atom. The van der Waals surface area contributed by atoms with Gasteiger partial charge in [-0.1, -0.05) is 6.07 Å². The Hall–Kier alpha value is -5.68. The molecule has 4 heterocycles. The summed E-state index contributed by atoms with van der Waals surface area (Å²) in [4.78, 5) is 27.5. The number of benzene rings is 3. The molecular formula is C42H46O24. The molecule has 3 saturated heterocycles. The Balaban J connectivity index is 1.25. The summed E-state index contributed by atoms with van der Waals surface area (Å²) in [6.45, 7) is -2.67. The minimum Gasteiger partial charge on any atom is -0.508 e. The number of aromatic hydroxyl groups is 4. The smallest absolute Gasteiger partial charge is 0.331 e. The molecule has 4 aromatic rings. The fraction of sp³-hybridized carbons (Fsp3) is 0.429. The van der Waals surface area contributed by atoms with Crippen LogP contribution in [-0.2, 0) is 28.5 Å². The van der Waals surface area contributed by atoms with Crippen LogP contribution >= 0.6 is 0 Å². The van der Waals surface area contributed by atoms with Crippen molar-refractivity contribution in [1.29, 1.82) is 0 Å². The van der Waals surface area contributed by atoms with E-state index in [4.69, 9.17) is 37.6 Å². The quantitative estimate of drug-likeness (QED) is 0.0355. The summed E-state index contributed by atoms with van der Waals surface area (Å²) in [5, 5.41) is 145. The lowest BCUT2D eigenvalue weighted by Gasteiger charge is -2.46. The largest absolute Gasteiger partial charge is 0.508 e. The zero-order valence-electron chi connectivity index (χ0n) is 34.0. The molecule has 3 aromatic carbocycles. The number of hydrogen-bond acceptors (Lipinski definition) is 24. The number of carbonyl (C=O) groups is 1. The molecule has 3 aliphatic heterocycles. The van der Waals surface area contributed by atoms with Gasteiger partial charge in [-0.15, -0.1) is 0 Å². The maximum absolute atomic E-state index is 14.5. The zero-order chi connectivity index (χ0) is 47.7. The van der Waals surface area contributed by atoms with Gasteiger partial charge in [-0.25, -0.2) is 4.79 Å². The maximum atomic E-state index is 14.5. The van der Waals surface area contributed by atoms with E-state index in [0.717, 1.165) is 36.4 Å². The van der Waals surface area contributed by atoms with E-state index in [1.165, 1.54) is 30.3 Å². The molecule has 0 bridgehead atoms. The van der Waals surface area contributed by atoms with Crippen LogP contribution in [0.15, 0.2) is 69.9 Å². The summed E-state index contributed by atoms with van der Waals surface area (Å²) < 4.78 is 45.9. The fourth-order valence-electron chi connectivity index (χ4n) is 7.37. The van der Waals surface area contributed by atoms with Gasteiger partial charge in [0.25, 0.3) is 0 Å². The first-order valence-electron chi connectivity index (χ1n) is 20.0. The summed E-state index contributed by atoms with van der Waals surface area (Å²) in [6, 6.07) is 10.5. The SMILES string of the molecule is O=C(C=Cc1ccc(O)c(O)c1)OC1C(O)[C@H](O)C(CO)O[C@H]1OC1[C@H](Oc2c(-c3ccc(O)cc3)oc3cc(O[C@@H]4O[C@@H](CO)[C@@H](O)C(O)C4O)cc(O)c3c2=O)OC(CO)[C@@H](O)[C@@H]1O. The van der Waals surface area contributed by atoms with Crippen LogP contribution in [0.2, 0.25) is 0 Å². The summed E-state index contributed by atoms with van der Waals surface area (Å²) >= 11 is 0. The van der Waals surface area contributed by atoms with Gasteiger partial charge in [0, 0.05) is 23.8 Å². The summed E-state index contributed by atoms with van der Waals surface area (Å²) in [5.41, 5.74) is -1.32. The zero-order valence-corrected chi connectivity index (χ0v) is 34.0. The Morgan fingerprint density at radius 1 is 0.606 bits per heavy atom.